The topological polar surface area (TPSA) is 12.0 Å². The van der Waals surface area contributed by atoms with Crippen LogP contribution in [0.4, 0.5) is 0 Å². The number of thioether (sulfide) groups is 1. The van der Waals surface area contributed by atoms with Crippen molar-refractivity contribution in [1.29, 1.82) is 0 Å². The van der Waals surface area contributed by atoms with Crippen LogP contribution in [-0.4, -0.2) is 17.5 Å². The van der Waals surface area contributed by atoms with Crippen molar-refractivity contribution >= 4 is 11.8 Å². The van der Waals surface area contributed by atoms with Crippen LogP contribution in [0.15, 0.2) is 24.3 Å². The maximum atomic E-state index is 3.90. The molecule has 2 unspecified atom stereocenters. The van der Waals surface area contributed by atoms with E-state index >= 15 is 0 Å². The number of nitrogens with one attached hydrogen (secondary N) is 1. The average molecular weight is 247 g/mol. The zero-order chi connectivity index (χ0) is 11.9. The number of hydrogen-bond acceptors (Lipinski definition) is 2. The van der Waals surface area contributed by atoms with Gasteiger partial charge in [-0.05, 0) is 35.1 Å². The van der Waals surface area contributed by atoms with Gasteiger partial charge in [0.25, 0.3) is 0 Å². The molecule has 0 bridgehead atoms. The molecule has 0 radical (unpaired) electrons. The monoisotopic (exact) mass is 247 g/mol. The molecule has 17 heavy (non-hydrogen) atoms. The van der Waals surface area contributed by atoms with Crippen LogP contribution >= 0.6 is 11.8 Å². The first-order valence-corrected chi connectivity index (χ1v) is 7.74. The molecule has 92 valence electrons. The summed E-state index contributed by atoms with van der Waals surface area (Å²) in [6.07, 6.45) is 2.54. The van der Waals surface area contributed by atoms with E-state index in [1.54, 1.807) is 5.56 Å². The first kappa shape index (κ1) is 11.6. The second-order valence-electron chi connectivity index (χ2n) is 6.02. The van der Waals surface area contributed by atoms with Crippen LogP contribution in [0.1, 0.15) is 37.4 Å². The Balaban J connectivity index is 1.85. The van der Waals surface area contributed by atoms with E-state index in [-0.39, 0.29) is 0 Å². The lowest BCUT2D eigenvalue weighted by molar-refractivity contribution is 0.253. The van der Waals surface area contributed by atoms with Gasteiger partial charge in [0.15, 0.2) is 0 Å². The minimum Gasteiger partial charge on any atom is -0.306 e. The fourth-order valence-corrected chi connectivity index (χ4v) is 4.37. The lowest BCUT2D eigenvalue weighted by Gasteiger charge is -2.31. The van der Waals surface area contributed by atoms with E-state index in [4.69, 9.17) is 0 Å². The lowest BCUT2D eigenvalue weighted by atomic mass is 9.85. The Morgan fingerprint density at radius 3 is 2.88 bits per heavy atom. The predicted octanol–water partition coefficient (Wildman–Crippen LogP) is 3.41. The Morgan fingerprint density at radius 1 is 1.29 bits per heavy atom. The molecular formula is C15H21NS. The predicted molar refractivity (Wildman–Crippen MR) is 75.5 cm³/mol. The molecule has 0 aromatic heterocycles. The van der Waals surface area contributed by atoms with Crippen molar-refractivity contribution in [3.05, 3.63) is 35.4 Å². The van der Waals surface area contributed by atoms with Gasteiger partial charge in [0.2, 0.25) is 0 Å². The summed E-state index contributed by atoms with van der Waals surface area (Å²) < 4.78 is 0. The molecule has 0 saturated carbocycles. The maximum absolute atomic E-state index is 3.90. The molecule has 1 aromatic carbocycles. The standard InChI is InChI=1S/C15H21NS/c1-15(2)9-11-5-3-4-6-13(11)14(15)16-12-7-8-17-10-12/h3-6,12,14,16H,7-10H2,1-2H3. The number of benzene rings is 1. The molecule has 1 saturated heterocycles. The molecule has 1 heterocycles. The van der Waals surface area contributed by atoms with Crippen molar-refractivity contribution < 1.29 is 0 Å². The Bertz CT molecular complexity index is 407. The summed E-state index contributed by atoms with van der Waals surface area (Å²) in [6.45, 7) is 4.79. The molecule has 1 nitrogen and oxygen atoms in total. The van der Waals surface area contributed by atoms with Gasteiger partial charge >= 0.3 is 0 Å². The van der Waals surface area contributed by atoms with Gasteiger partial charge in [-0.25, -0.2) is 0 Å². The van der Waals surface area contributed by atoms with Crippen LogP contribution in [0.2, 0.25) is 0 Å². The van der Waals surface area contributed by atoms with Gasteiger partial charge in [0, 0.05) is 17.8 Å². The smallest absolute Gasteiger partial charge is 0.0380 e. The minimum atomic E-state index is 0.358. The quantitative estimate of drug-likeness (QED) is 0.859. The fourth-order valence-electron chi connectivity index (χ4n) is 3.21. The van der Waals surface area contributed by atoms with Gasteiger partial charge in [-0.2, -0.15) is 11.8 Å². The fraction of sp³-hybridized carbons (Fsp3) is 0.600. The summed E-state index contributed by atoms with van der Waals surface area (Å²) in [7, 11) is 0. The molecule has 2 atom stereocenters. The molecule has 0 amide bonds. The van der Waals surface area contributed by atoms with E-state index in [1.807, 2.05) is 0 Å². The van der Waals surface area contributed by atoms with Crippen molar-refractivity contribution in [2.75, 3.05) is 11.5 Å². The molecule has 1 N–H and O–H groups in total. The van der Waals surface area contributed by atoms with Gasteiger partial charge in [-0.15, -0.1) is 0 Å². The highest BCUT2D eigenvalue weighted by molar-refractivity contribution is 7.99. The highest BCUT2D eigenvalue weighted by atomic mass is 32.2. The Morgan fingerprint density at radius 2 is 2.12 bits per heavy atom. The van der Waals surface area contributed by atoms with Crippen LogP contribution in [0.3, 0.4) is 0 Å². The minimum absolute atomic E-state index is 0.358. The summed E-state index contributed by atoms with van der Waals surface area (Å²) in [6, 6.07) is 10.2. The molecular weight excluding hydrogens is 226 g/mol. The van der Waals surface area contributed by atoms with Crippen molar-refractivity contribution in [3.63, 3.8) is 0 Å². The van der Waals surface area contributed by atoms with Crippen molar-refractivity contribution in [3.8, 4) is 0 Å². The highest BCUT2D eigenvalue weighted by Gasteiger charge is 2.39. The lowest BCUT2D eigenvalue weighted by Crippen LogP contribution is -2.38. The Hall–Kier alpha value is -0.470. The Labute approximate surface area is 108 Å². The van der Waals surface area contributed by atoms with E-state index in [0.29, 0.717) is 11.5 Å². The van der Waals surface area contributed by atoms with Gasteiger partial charge < -0.3 is 5.32 Å². The summed E-state index contributed by atoms with van der Waals surface area (Å²) in [5.41, 5.74) is 3.44. The van der Waals surface area contributed by atoms with Gasteiger partial charge in [-0.1, -0.05) is 38.1 Å². The van der Waals surface area contributed by atoms with Crippen LogP contribution in [0.5, 0.6) is 0 Å². The van der Waals surface area contributed by atoms with Crippen LogP contribution in [-0.2, 0) is 6.42 Å². The van der Waals surface area contributed by atoms with Crippen LogP contribution in [0, 0.1) is 5.41 Å². The van der Waals surface area contributed by atoms with Gasteiger partial charge in [0.05, 0.1) is 0 Å². The molecule has 1 fully saturated rings. The summed E-state index contributed by atoms with van der Waals surface area (Å²) in [4.78, 5) is 0. The number of fused-ring (bicyclic) bond motifs is 1. The molecule has 3 rings (SSSR count). The molecule has 1 aliphatic carbocycles. The van der Waals surface area contributed by atoms with E-state index < -0.39 is 0 Å². The third kappa shape index (κ3) is 2.13. The molecule has 1 aliphatic heterocycles. The van der Waals surface area contributed by atoms with Gasteiger partial charge in [-0.3, -0.25) is 0 Å². The van der Waals surface area contributed by atoms with Crippen molar-refractivity contribution in [2.45, 2.75) is 38.8 Å². The van der Waals surface area contributed by atoms with E-state index in [2.05, 4.69) is 55.2 Å². The third-order valence-electron chi connectivity index (χ3n) is 4.13. The second-order valence-corrected chi connectivity index (χ2v) is 7.17. The number of hydrogen-bond donors (Lipinski definition) is 1. The SMILES string of the molecule is CC1(C)Cc2ccccc2C1NC1CCSC1. The molecule has 1 aromatic rings. The van der Waals surface area contributed by atoms with Crippen LogP contribution in [0.25, 0.3) is 0 Å². The molecule has 0 spiro atoms. The van der Waals surface area contributed by atoms with Crippen LogP contribution < -0.4 is 5.32 Å². The highest BCUT2D eigenvalue weighted by Crippen LogP contribution is 2.45. The first-order valence-electron chi connectivity index (χ1n) is 6.58. The normalized spacial score (nSPS) is 30.5. The number of rotatable bonds is 2. The summed E-state index contributed by atoms with van der Waals surface area (Å²) in [5.74, 6) is 2.61. The van der Waals surface area contributed by atoms with E-state index in [1.165, 1.54) is 29.9 Å². The molecule has 2 aliphatic rings. The van der Waals surface area contributed by atoms with Gasteiger partial charge in [0.1, 0.15) is 0 Å². The summed E-state index contributed by atoms with van der Waals surface area (Å²) in [5, 5.41) is 3.90. The van der Waals surface area contributed by atoms with E-state index in [0.717, 1.165) is 6.04 Å². The summed E-state index contributed by atoms with van der Waals surface area (Å²) >= 11 is 2.08. The zero-order valence-corrected chi connectivity index (χ0v) is 11.5. The van der Waals surface area contributed by atoms with Crippen molar-refractivity contribution in [2.24, 2.45) is 5.41 Å². The van der Waals surface area contributed by atoms with E-state index in [9.17, 15) is 0 Å². The maximum Gasteiger partial charge on any atom is 0.0380 e. The largest absolute Gasteiger partial charge is 0.306 e. The first-order chi connectivity index (χ1) is 8.17. The average Bonchev–Trinajstić information content (AvgIpc) is 2.86. The Kier molecular flexibility index (Phi) is 2.95. The zero-order valence-electron chi connectivity index (χ0n) is 10.7. The van der Waals surface area contributed by atoms with Crippen molar-refractivity contribution in [1.82, 2.24) is 5.32 Å². The molecule has 2 heteroatoms. The second kappa shape index (κ2) is 4.33. The third-order valence-corrected chi connectivity index (χ3v) is 5.29.